The van der Waals surface area contributed by atoms with Gasteiger partial charge in [0.1, 0.15) is 0 Å². The minimum absolute atomic E-state index is 0.214. The van der Waals surface area contributed by atoms with E-state index < -0.39 is 0 Å². The molecule has 0 aliphatic heterocycles. The van der Waals surface area contributed by atoms with Gasteiger partial charge in [-0.2, -0.15) is 4.98 Å². The number of fused-ring (bicyclic) bond motifs is 1. The van der Waals surface area contributed by atoms with E-state index in [0.29, 0.717) is 18.4 Å². The fourth-order valence-corrected chi connectivity index (χ4v) is 3.82. The number of rotatable bonds is 6. The lowest BCUT2D eigenvalue weighted by atomic mass is 9.97. The largest absolute Gasteiger partial charge is 0.481 e. The predicted octanol–water partition coefficient (Wildman–Crippen LogP) is 4.27. The van der Waals surface area contributed by atoms with Gasteiger partial charge < -0.3 is 15.0 Å². The number of ether oxygens (including phenoxy) is 1. The van der Waals surface area contributed by atoms with Crippen LogP contribution in [0.25, 0.3) is 10.9 Å². The molecule has 2 N–H and O–H groups in total. The maximum absolute atomic E-state index is 5.17. The van der Waals surface area contributed by atoms with Gasteiger partial charge in [-0.05, 0) is 23.1 Å². The van der Waals surface area contributed by atoms with Crippen molar-refractivity contribution in [1.29, 1.82) is 0 Å². The van der Waals surface area contributed by atoms with E-state index >= 15 is 0 Å². The number of nitrogens with one attached hydrogen (secondary N) is 2. The van der Waals surface area contributed by atoms with Gasteiger partial charge in [0, 0.05) is 46.7 Å². The number of para-hydroxylation sites is 1. The number of benzene rings is 1. The van der Waals surface area contributed by atoms with Crippen LogP contribution in [0.3, 0.4) is 0 Å². The molecule has 1 atom stereocenters. The number of methoxy groups -OCH3 is 1. The molecule has 0 aliphatic carbocycles. The van der Waals surface area contributed by atoms with Gasteiger partial charge in [-0.1, -0.05) is 24.3 Å². The second-order valence-electron chi connectivity index (χ2n) is 5.66. The average Bonchev–Trinajstić information content (AvgIpc) is 3.33. The summed E-state index contributed by atoms with van der Waals surface area (Å²) in [4.78, 5) is 13.3. The molecule has 0 bridgehead atoms. The highest BCUT2D eigenvalue weighted by molar-refractivity contribution is 7.10. The van der Waals surface area contributed by atoms with Gasteiger partial charge in [-0.15, -0.1) is 11.3 Å². The Balaban J connectivity index is 1.65. The normalized spacial score (nSPS) is 12.2. The maximum Gasteiger partial charge on any atom is 0.225 e. The summed E-state index contributed by atoms with van der Waals surface area (Å²) in [6, 6.07) is 14.4. The van der Waals surface area contributed by atoms with E-state index in [1.54, 1.807) is 30.7 Å². The second-order valence-corrected chi connectivity index (χ2v) is 6.64. The van der Waals surface area contributed by atoms with Crippen molar-refractivity contribution in [1.82, 2.24) is 15.0 Å². The summed E-state index contributed by atoms with van der Waals surface area (Å²) in [6.07, 6.45) is 3.79. The molecule has 0 aliphatic rings. The molecule has 0 amide bonds. The van der Waals surface area contributed by atoms with Gasteiger partial charge in [0.15, 0.2) is 0 Å². The SMILES string of the molecule is COc1ccnc(NCC(c2cccs2)c2c[nH]c3ccccc23)n1. The van der Waals surface area contributed by atoms with E-state index in [0.717, 1.165) is 5.52 Å². The van der Waals surface area contributed by atoms with Crippen LogP contribution in [0.1, 0.15) is 16.4 Å². The van der Waals surface area contributed by atoms with Gasteiger partial charge in [0.05, 0.1) is 7.11 Å². The standard InChI is InChI=1S/C19H18N4OS/c1-24-18-8-9-20-19(23-18)22-12-15(17-7-4-10-25-17)14-11-21-16-6-3-2-5-13(14)16/h2-11,15,21H,12H2,1H3,(H,20,22,23). The number of H-pyrrole nitrogens is 1. The zero-order valence-electron chi connectivity index (χ0n) is 13.8. The topological polar surface area (TPSA) is 62.8 Å². The number of hydrogen-bond donors (Lipinski definition) is 2. The third-order valence-electron chi connectivity index (χ3n) is 4.19. The molecule has 4 aromatic rings. The Hall–Kier alpha value is -2.86. The Bertz CT molecular complexity index is 964. The van der Waals surface area contributed by atoms with Crippen molar-refractivity contribution in [3.8, 4) is 5.88 Å². The summed E-state index contributed by atoms with van der Waals surface area (Å²) in [7, 11) is 1.60. The van der Waals surface area contributed by atoms with Crippen molar-refractivity contribution in [2.24, 2.45) is 0 Å². The van der Waals surface area contributed by atoms with Crippen molar-refractivity contribution in [2.75, 3.05) is 19.0 Å². The third kappa shape index (κ3) is 3.21. The highest BCUT2D eigenvalue weighted by Crippen LogP contribution is 2.33. The predicted molar refractivity (Wildman–Crippen MR) is 102 cm³/mol. The average molecular weight is 350 g/mol. The van der Waals surface area contributed by atoms with Crippen LogP contribution in [-0.4, -0.2) is 28.6 Å². The summed E-state index contributed by atoms with van der Waals surface area (Å²) < 4.78 is 5.17. The molecule has 0 spiro atoms. The molecule has 126 valence electrons. The van der Waals surface area contributed by atoms with Crippen molar-refractivity contribution in [3.05, 3.63) is 70.7 Å². The molecular weight excluding hydrogens is 332 g/mol. The van der Waals surface area contributed by atoms with Crippen LogP contribution in [0.4, 0.5) is 5.95 Å². The first kappa shape index (κ1) is 15.7. The van der Waals surface area contributed by atoms with Crippen molar-refractivity contribution >= 4 is 28.2 Å². The summed E-state index contributed by atoms with van der Waals surface area (Å²) in [5.41, 5.74) is 2.42. The zero-order valence-corrected chi connectivity index (χ0v) is 14.6. The van der Waals surface area contributed by atoms with E-state index in [9.17, 15) is 0 Å². The first-order valence-corrected chi connectivity index (χ1v) is 8.93. The number of thiophene rings is 1. The smallest absolute Gasteiger partial charge is 0.225 e. The van der Waals surface area contributed by atoms with Crippen LogP contribution in [0, 0.1) is 0 Å². The van der Waals surface area contributed by atoms with E-state index in [2.05, 4.69) is 62.2 Å². The summed E-state index contributed by atoms with van der Waals surface area (Å²) in [6.45, 7) is 0.704. The molecule has 0 saturated heterocycles. The molecule has 0 fully saturated rings. The maximum atomic E-state index is 5.17. The molecule has 3 heterocycles. The van der Waals surface area contributed by atoms with Crippen molar-refractivity contribution in [3.63, 3.8) is 0 Å². The molecule has 0 saturated carbocycles. The number of aromatic nitrogens is 3. The zero-order chi connectivity index (χ0) is 17.1. The lowest BCUT2D eigenvalue weighted by Gasteiger charge is -2.16. The second kappa shape index (κ2) is 6.94. The summed E-state index contributed by atoms with van der Waals surface area (Å²) in [5.74, 6) is 1.34. The van der Waals surface area contributed by atoms with Gasteiger partial charge in [-0.3, -0.25) is 0 Å². The summed E-state index contributed by atoms with van der Waals surface area (Å²) in [5, 5.41) is 6.71. The van der Waals surface area contributed by atoms with Crippen LogP contribution < -0.4 is 10.1 Å². The fraction of sp³-hybridized carbons (Fsp3) is 0.158. The molecule has 25 heavy (non-hydrogen) atoms. The molecule has 4 rings (SSSR count). The molecule has 5 nitrogen and oxygen atoms in total. The van der Waals surface area contributed by atoms with Crippen molar-refractivity contribution in [2.45, 2.75) is 5.92 Å². The Morgan fingerprint density at radius 1 is 1.20 bits per heavy atom. The van der Waals surface area contributed by atoms with E-state index in [1.165, 1.54) is 15.8 Å². The summed E-state index contributed by atoms with van der Waals surface area (Å²) >= 11 is 1.76. The first-order valence-electron chi connectivity index (χ1n) is 8.05. The monoisotopic (exact) mass is 350 g/mol. The quantitative estimate of drug-likeness (QED) is 0.545. The van der Waals surface area contributed by atoms with Gasteiger partial charge in [-0.25, -0.2) is 4.98 Å². The highest BCUT2D eigenvalue weighted by Gasteiger charge is 2.19. The number of nitrogens with zero attached hydrogens (tertiary/aromatic N) is 2. The molecule has 0 radical (unpaired) electrons. The van der Waals surface area contributed by atoms with Crippen molar-refractivity contribution < 1.29 is 4.74 Å². The van der Waals surface area contributed by atoms with E-state index in [-0.39, 0.29) is 5.92 Å². The van der Waals surface area contributed by atoms with Crippen LogP contribution >= 0.6 is 11.3 Å². The third-order valence-corrected chi connectivity index (χ3v) is 5.17. The lowest BCUT2D eigenvalue weighted by Crippen LogP contribution is -2.14. The van der Waals surface area contributed by atoms with Gasteiger partial charge in [0.25, 0.3) is 0 Å². The lowest BCUT2D eigenvalue weighted by molar-refractivity contribution is 0.397. The van der Waals surface area contributed by atoms with Crippen LogP contribution in [0.2, 0.25) is 0 Å². The van der Waals surface area contributed by atoms with Crippen LogP contribution in [-0.2, 0) is 0 Å². The van der Waals surface area contributed by atoms with Gasteiger partial charge >= 0.3 is 0 Å². The molecule has 1 unspecified atom stereocenters. The van der Waals surface area contributed by atoms with Gasteiger partial charge in [0.2, 0.25) is 11.8 Å². The Kier molecular flexibility index (Phi) is 4.35. The Morgan fingerprint density at radius 3 is 2.96 bits per heavy atom. The Morgan fingerprint density at radius 2 is 2.12 bits per heavy atom. The minimum atomic E-state index is 0.214. The van der Waals surface area contributed by atoms with E-state index in [4.69, 9.17) is 4.74 Å². The first-order chi connectivity index (χ1) is 12.3. The highest BCUT2D eigenvalue weighted by atomic mass is 32.1. The van der Waals surface area contributed by atoms with Crippen LogP contribution in [0.15, 0.2) is 60.2 Å². The molecule has 3 aromatic heterocycles. The number of hydrogen-bond acceptors (Lipinski definition) is 5. The Labute approximate surface area is 149 Å². The fourth-order valence-electron chi connectivity index (χ4n) is 2.97. The molecule has 6 heteroatoms. The van der Waals surface area contributed by atoms with Crippen LogP contribution in [0.5, 0.6) is 5.88 Å². The molecular formula is C19H18N4OS. The minimum Gasteiger partial charge on any atom is -0.481 e. The van der Waals surface area contributed by atoms with E-state index in [1.807, 2.05) is 6.07 Å². The number of anilines is 1. The molecule has 1 aromatic carbocycles. The number of aromatic amines is 1.